The zero-order valence-electron chi connectivity index (χ0n) is 15.3. The highest BCUT2D eigenvalue weighted by Crippen LogP contribution is 2.29. The van der Waals surface area contributed by atoms with Crippen molar-refractivity contribution in [1.29, 1.82) is 0 Å². The third-order valence-electron chi connectivity index (χ3n) is 4.20. The van der Waals surface area contributed by atoms with Gasteiger partial charge in [0.1, 0.15) is 10.6 Å². The number of para-hydroxylation sites is 1. The van der Waals surface area contributed by atoms with Gasteiger partial charge in [-0.2, -0.15) is 5.10 Å². The molecule has 2 N–H and O–H groups in total. The third-order valence-corrected chi connectivity index (χ3v) is 5.70. The number of benzene rings is 1. The normalized spacial score (nSPS) is 14.8. The molecule has 0 aliphatic carbocycles. The molecule has 8 nitrogen and oxygen atoms in total. The maximum atomic E-state index is 12.5. The molecule has 1 aromatic heterocycles. The largest absolute Gasteiger partial charge is 0.573 e. The van der Waals surface area contributed by atoms with E-state index in [0.717, 1.165) is 43.8 Å². The summed E-state index contributed by atoms with van der Waals surface area (Å²) in [6.07, 6.45) is -1.10. The van der Waals surface area contributed by atoms with Gasteiger partial charge in [0, 0.05) is 32.2 Å². The van der Waals surface area contributed by atoms with Gasteiger partial charge >= 0.3 is 6.36 Å². The van der Waals surface area contributed by atoms with Crippen LogP contribution in [0.1, 0.15) is 12.8 Å². The van der Waals surface area contributed by atoms with Crippen molar-refractivity contribution in [1.82, 2.24) is 14.9 Å². The van der Waals surface area contributed by atoms with Crippen molar-refractivity contribution in [2.45, 2.75) is 24.1 Å². The topological polar surface area (TPSA) is 96.5 Å². The van der Waals surface area contributed by atoms with Gasteiger partial charge in [-0.1, -0.05) is 12.1 Å². The molecule has 0 amide bonds. The van der Waals surface area contributed by atoms with Crippen LogP contribution in [0.3, 0.4) is 0 Å². The molecule has 2 aromatic rings. The van der Waals surface area contributed by atoms with Crippen molar-refractivity contribution in [3.05, 3.63) is 36.5 Å². The molecule has 1 aliphatic heterocycles. The van der Waals surface area contributed by atoms with E-state index < -0.39 is 27.0 Å². The van der Waals surface area contributed by atoms with Gasteiger partial charge in [0.25, 0.3) is 0 Å². The van der Waals surface area contributed by atoms with Crippen LogP contribution in [0.25, 0.3) is 0 Å². The number of hydrogen-bond donors (Lipinski definition) is 2. The second-order valence-corrected chi connectivity index (χ2v) is 8.05. The molecule has 3 rings (SSSR count). The predicted octanol–water partition coefficient (Wildman–Crippen LogP) is 2.37. The van der Waals surface area contributed by atoms with Gasteiger partial charge in [-0.15, -0.1) is 18.3 Å². The lowest BCUT2D eigenvalue weighted by Crippen LogP contribution is -2.30. The zero-order chi connectivity index (χ0) is 20.9. The highest BCUT2D eigenvalue weighted by atomic mass is 32.2. The molecule has 12 heteroatoms. The summed E-state index contributed by atoms with van der Waals surface area (Å²) in [6.45, 7) is 1.99. The van der Waals surface area contributed by atoms with Gasteiger partial charge in [0.15, 0.2) is 5.82 Å². The molecular formula is C17H20F3N5O3S. The Balaban J connectivity index is 1.57. The molecule has 158 valence electrons. The lowest BCUT2D eigenvalue weighted by molar-refractivity contribution is -0.275. The number of sulfonamides is 1. The minimum atomic E-state index is -4.99. The fourth-order valence-corrected chi connectivity index (χ4v) is 4.08. The highest BCUT2D eigenvalue weighted by molar-refractivity contribution is 7.89. The van der Waals surface area contributed by atoms with Crippen LogP contribution >= 0.6 is 0 Å². The van der Waals surface area contributed by atoms with Crippen LogP contribution in [-0.2, 0) is 10.0 Å². The van der Waals surface area contributed by atoms with Crippen LogP contribution < -0.4 is 19.7 Å². The Bertz CT molecular complexity index is 934. The van der Waals surface area contributed by atoms with Crippen molar-refractivity contribution in [2.75, 3.05) is 36.4 Å². The van der Waals surface area contributed by atoms with Crippen LogP contribution in [0.2, 0.25) is 0 Å². The van der Waals surface area contributed by atoms with Crippen LogP contribution in [0, 0.1) is 0 Å². The molecule has 1 aliphatic rings. The summed E-state index contributed by atoms with van der Waals surface area (Å²) in [7, 11) is -4.20. The van der Waals surface area contributed by atoms with E-state index in [-0.39, 0.29) is 13.1 Å². The molecule has 1 aromatic carbocycles. The van der Waals surface area contributed by atoms with Crippen molar-refractivity contribution in [3.8, 4) is 5.75 Å². The minimum Gasteiger partial charge on any atom is -0.404 e. The SMILES string of the molecule is O=S(=O)(NCCNc1cc(N2CCCC2)cnn1)c1ccccc1OC(F)(F)F. The number of aromatic nitrogens is 2. The van der Waals surface area contributed by atoms with Crippen LogP contribution in [0.5, 0.6) is 5.75 Å². The second kappa shape index (κ2) is 8.82. The maximum Gasteiger partial charge on any atom is 0.573 e. The van der Waals surface area contributed by atoms with Gasteiger partial charge in [0.2, 0.25) is 10.0 Å². The predicted molar refractivity (Wildman–Crippen MR) is 100 cm³/mol. The monoisotopic (exact) mass is 431 g/mol. The van der Waals surface area contributed by atoms with E-state index in [2.05, 4.69) is 29.9 Å². The second-order valence-electron chi connectivity index (χ2n) is 6.31. The number of hydrogen-bond acceptors (Lipinski definition) is 7. The summed E-state index contributed by atoms with van der Waals surface area (Å²) in [4.78, 5) is 1.59. The Morgan fingerprint density at radius 2 is 1.86 bits per heavy atom. The summed E-state index contributed by atoms with van der Waals surface area (Å²) < 4.78 is 68.2. The first-order valence-electron chi connectivity index (χ1n) is 8.91. The van der Waals surface area contributed by atoms with Gasteiger partial charge in [-0.05, 0) is 25.0 Å². The molecule has 0 saturated carbocycles. The molecular weight excluding hydrogens is 411 g/mol. The number of halogens is 3. The molecule has 0 atom stereocenters. The summed E-state index contributed by atoms with van der Waals surface area (Å²) in [5.41, 5.74) is 0.929. The number of nitrogens with one attached hydrogen (secondary N) is 2. The molecule has 0 radical (unpaired) electrons. The standard InChI is InChI=1S/C17H20F3N5O3S/c18-17(19,20)28-14-5-1-2-6-15(14)29(26,27)23-8-7-21-16-11-13(12-22-24-16)25-9-3-4-10-25/h1-2,5-6,11-12,23H,3-4,7-10H2,(H,21,24). The molecule has 0 spiro atoms. The Kier molecular flexibility index (Phi) is 6.42. The van der Waals surface area contributed by atoms with Gasteiger partial charge in [-0.25, -0.2) is 13.1 Å². The Hall–Kier alpha value is -2.60. The molecule has 29 heavy (non-hydrogen) atoms. The average Bonchev–Trinajstić information content (AvgIpc) is 3.19. The first kappa shape index (κ1) is 21.1. The molecule has 0 bridgehead atoms. The van der Waals surface area contributed by atoms with Gasteiger partial charge in [0.05, 0.1) is 11.9 Å². The number of anilines is 2. The fourth-order valence-electron chi connectivity index (χ4n) is 2.93. The summed E-state index contributed by atoms with van der Waals surface area (Å²) in [6, 6.07) is 6.38. The maximum absolute atomic E-state index is 12.5. The van der Waals surface area contributed by atoms with E-state index in [4.69, 9.17) is 0 Å². The number of rotatable bonds is 8. The Labute approximate surface area is 166 Å². The third kappa shape index (κ3) is 5.94. The Morgan fingerprint density at radius 1 is 1.14 bits per heavy atom. The minimum absolute atomic E-state index is 0.0711. The summed E-state index contributed by atoms with van der Waals surface area (Å²) in [5, 5.41) is 10.8. The van der Waals surface area contributed by atoms with E-state index in [1.807, 2.05) is 6.07 Å². The van der Waals surface area contributed by atoms with Crippen molar-refractivity contribution in [2.24, 2.45) is 0 Å². The van der Waals surface area contributed by atoms with Crippen molar-refractivity contribution >= 4 is 21.5 Å². The van der Waals surface area contributed by atoms with E-state index in [1.54, 1.807) is 6.20 Å². The smallest absolute Gasteiger partial charge is 0.404 e. The van der Waals surface area contributed by atoms with E-state index in [1.165, 1.54) is 12.1 Å². The lowest BCUT2D eigenvalue weighted by atomic mass is 10.3. The van der Waals surface area contributed by atoms with Gasteiger partial charge in [-0.3, -0.25) is 0 Å². The number of ether oxygens (including phenoxy) is 1. The number of alkyl halides is 3. The lowest BCUT2D eigenvalue weighted by Gasteiger charge is -2.17. The first-order valence-corrected chi connectivity index (χ1v) is 10.4. The van der Waals surface area contributed by atoms with Crippen LogP contribution in [0.15, 0.2) is 41.4 Å². The van der Waals surface area contributed by atoms with Crippen molar-refractivity contribution in [3.63, 3.8) is 0 Å². The van der Waals surface area contributed by atoms with E-state index in [9.17, 15) is 21.6 Å². The van der Waals surface area contributed by atoms with Crippen LogP contribution in [-0.4, -0.2) is 51.2 Å². The average molecular weight is 431 g/mol. The van der Waals surface area contributed by atoms with E-state index >= 15 is 0 Å². The fraction of sp³-hybridized carbons (Fsp3) is 0.412. The molecule has 0 unspecified atom stereocenters. The first-order chi connectivity index (χ1) is 13.7. The quantitative estimate of drug-likeness (QED) is 0.620. The molecule has 2 heterocycles. The summed E-state index contributed by atoms with van der Waals surface area (Å²) in [5.74, 6) is -0.306. The zero-order valence-corrected chi connectivity index (χ0v) is 16.1. The van der Waals surface area contributed by atoms with Crippen LogP contribution in [0.4, 0.5) is 24.7 Å². The molecule has 1 saturated heterocycles. The van der Waals surface area contributed by atoms with Crippen molar-refractivity contribution < 1.29 is 26.3 Å². The van der Waals surface area contributed by atoms with Gasteiger partial charge < -0.3 is 15.0 Å². The Morgan fingerprint density at radius 3 is 2.59 bits per heavy atom. The van der Waals surface area contributed by atoms with E-state index in [0.29, 0.717) is 5.82 Å². The number of nitrogens with zero attached hydrogens (tertiary/aromatic N) is 3. The molecule has 1 fully saturated rings. The summed E-state index contributed by atoms with van der Waals surface area (Å²) >= 11 is 0. The highest BCUT2D eigenvalue weighted by Gasteiger charge is 2.33.